The molecule has 2 amide bonds. The molecule has 1 aliphatic heterocycles. The molecule has 0 aliphatic carbocycles. The molecule has 0 atom stereocenters. The molecule has 22 heavy (non-hydrogen) atoms. The first-order chi connectivity index (χ1) is 10.6. The second-order valence-electron chi connectivity index (χ2n) is 5.02. The lowest BCUT2D eigenvalue weighted by molar-refractivity contribution is -0.117. The Hall–Kier alpha value is -1.35. The van der Waals surface area contributed by atoms with Crippen LogP contribution in [0.5, 0.6) is 0 Å². The smallest absolute Gasteiger partial charge is 0.409 e. The van der Waals surface area contributed by atoms with E-state index in [1.165, 1.54) is 0 Å². The van der Waals surface area contributed by atoms with Gasteiger partial charge in [-0.1, -0.05) is 0 Å². The molecule has 0 saturated carbocycles. The topological polar surface area (TPSA) is 61.9 Å². The predicted octanol–water partition coefficient (Wildman–Crippen LogP) is 2.00. The van der Waals surface area contributed by atoms with Crippen molar-refractivity contribution in [1.82, 2.24) is 9.80 Å². The molecular weight excluding hydrogens is 397 g/mol. The van der Waals surface area contributed by atoms with Crippen molar-refractivity contribution in [3.05, 3.63) is 27.8 Å². The monoisotopic (exact) mass is 417 g/mol. The van der Waals surface area contributed by atoms with E-state index >= 15 is 0 Å². The highest BCUT2D eigenvalue weighted by molar-refractivity contribution is 14.1. The number of hydrogen-bond acceptors (Lipinski definition) is 4. The number of carbonyl (C=O) groups is 2. The highest BCUT2D eigenvalue weighted by Gasteiger charge is 2.23. The molecule has 1 aliphatic rings. The molecule has 0 spiro atoms. The predicted molar refractivity (Wildman–Crippen MR) is 92.8 cm³/mol. The highest BCUT2D eigenvalue weighted by Crippen LogP contribution is 2.11. The van der Waals surface area contributed by atoms with Crippen LogP contribution >= 0.6 is 22.6 Å². The quantitative estimate of drug-likeness (QED) is 0.762. The van der Waals surface area contributed by atoms with Crippen LogP contribution in [0.3, 0.4) is 0 Å². The third-order valence-corrected chi connectivity index (χ3v) is 4.11. The molecule has 1 aromatic carbocycles. The van der Waals surface area contributed by atoms with Crippen molar-refractivity contribution < 1.29 is 14.3 Å². The van der Waals surface area contributed by atoms with Crippen molar-refractivity contribution in [3.63, 3.8) is 0 Å². The van der Waals surface area contributed by atoms with Gasteiger partial charge in [0, 0.05) is 35.4 Å². The Morgan fingerprint density at radius 3 is 2.41 bits per heavy atom. The Kier molecular flexibility index (Phi) is 6.44. The lowest BCUT2D eigenvalue weighted by Crippen LogP contribution is -2.50. The van der Waals surface area contributed by atoms with E-state index in [9.17, 15) is 9.59 Å². The van der Waals surface area contributed by atoms with Gasteiger partial charge in [0.15, 0.2) is 0 Å². The standard InChI is InChI=1S/C15H20IN3O3/c1-2-22-15(21)19-9-7-18(8-10-19)11-14(20)17-13-5-3-12(16)4-6-13/h3-6H,2,7-11H2,1H3,(H,17,20). The van der Waals surface area contributed by atoms with Gasteiger partial charge in [-0.25, -0.2) is 4.79 Å². The minimum atomic E-state index is -0.273. The molecule has 1 aromatic rings. The van der Waals surface area contributed by atoms with E-state index in [1.807, 2.05) is 29.2 Å². The lowest BCUT2D eigenvalue weighted by atomic mass is 10.3. The largest absolute Gasteiger partial charge is 0.450 e. The zero-order valence-corrected chi connectivity index (χ0v) is 14.7. The van der Waals surface area contributed by atoms with Crippen LogP contribution in [0.4, 0.5) is 10.5 Å². The van der Waals surface area contributed by atoms with Crippen LogP contribution in [0.2, 0.25) is 0 Å². The Labute approximate surface area is 143 Å². The molecule has 1 fully saturated rings. The Morgan fingerprint density at radius 2 is 1.82 bits per heavy atom. The van der Waals surface area contributed by atoms with Crippen LogP contribution in [0.15, 0.2) is 24.3 Å². The molecule has 0 aromatic heterocycles. The number of ether oxygens (including phenoxy) is 1. The van der Waals surface area contributed by atoms with Gasteiger partial charge < -0.3 is 15.0 Å². The first-order valence-corrected chi connectivity index (χ1v) is 8.36. The van der Waals surface area contributed by atoms with E-state index in [-0.39, 0.29) is 12.0 Å². The summed E-state index contributed by atoms with van der Waals surface area (Å²) in [5.74, 6) is -0.0363. The van der Waals surface area contributed by atoms with Crippen molar-refractivity contribution in [2.24, 2.45) is 0 Å². The molecule has 1 saturated heterocycles. The number of benzene rings is 1. The molecule has 0 bridgehead atoms. The number of rotatable bonds is 4. The summed E-state index contributed by atoms with van der Waals surface area (Å²) in [6, 6.07) is 7.68. The molecular formula is C15H20IN3O3. The first kappa shape index (κ1) is 17.0. The highest BCUT2D eigenvalue weighted by atomic mass is 127. The number of piperazine rings is 1. The average molecular weight is 417 g/mol. The SMILES string of the molecule is CCOC(=O)N1CCN(CC(=O)Nc2ccc(I)cc2)CC1. The fourth-order valence-corrected chi connectivity index (χ4v) is 2.60. The summed E-state index contributed by atoms with van der Waals surface area (Å²) in [6.07, 6.45) is -0.273. The zero-order valence-electron chi connectivity index (χ0n) is 12.5. The summed E-state index contributed by atoms with van der Waals surface area (Å²) in [6.45, 7) is 5.06. The number of amides is 2. The van der Waals surface area contributed by atoms with Crippen molar-refractivity contribution in [3.8, 4) is 0 Å². The Balaban J connectivity index is 1.74. The molecule has 6 nitrogen and oxygen atoms in total. The Bertz CT molecular complexity index is 513. The fraction of sp³-hybridized carbons (Fsp3) is 0.467. The summed E-state index contributed by atoms with van der Waals surface area (Å²) >= 11 is 2.22. The van der Waals surface area contributed by atoms with Crippen molar-refractivity contribution in [2.75, 3.05) is 44.6 Å². The molecule has 7 heteroatoms. The van der Waals surface area contributed by atoms with Crippen LogP contribution in [0.25, 0.3) is 0 Å². The number of nitrogens with one attached hydrogen (secondary N) is 1. The second kappa shape index (κ2) is 8.33. The van der Waals surface area contributed by atoms with E-state index in [1.54, 1.807) is 11.8 Å². The van der Waals surface area contributed by atoms with Gasteiger partial charge in [-0.2, -0.15) is 0 Å². The van der Waals surface area contributed by atoms with Gasteiger partial charge in [0.05, 0.1) is 13.2 Å². The lowest BCUT2D eigenvalue weighted by Gasteiger charge is -2.33. The third kappa shape index (κ3) is 5.13. The summed E-state index contributed by atoms with van der Waals surface area (Å²) in [7, 11) is 0. The van der Waals surface area contributed by atoms with Crippen molar-refractivity contribution >= 4 is 40.3 Å². The number of nitrogens with zero attached hydrogens (tertiary/aromatic N) is 2. The number of carbonyl (C=O) groups excluding carboxylic acids is 2. The number of anilines is 1. The van der Waals surface area contributed by atoms with Crippen molar-refractivity contribution in [2.45, 2.75) is 6.92 Å². The normalized spacial score (nSPS) is 15.5. The molecule has 0 unspecified atom stereocenters. The molecule has 0 radical (unpaired) electrons. The van der Waals surface area contributed by atoms with Crippen LogP contribution in [0.1, 0.15) is 6.92 Å². The molecule has 2 rings (SSSR count). The van der Waals surface area contributed by atoms with E-state index in [2.05, 4.69) is 27.9 Å². The van der Waals surface area contributed by atoms with Crippen molar-refractivity contribution in [1.29, 1.82) is 0 Å². The number of halogens is 1. The van der Waals surface area contributed by atoms with Gasteiger partial charge >= 0.3 is 6.09 Å². The summed E-state index contributed by atoms with van der Waals surface area (Å²) in [4.78, 5) is 27.3. The van der Waals surface area contributed by atoms with Crippen LogP contribution in [0, 0.1) is 3.57 Å². The van der Waals surface area contributed by atoms with Crippen LogP contribution < -0.4 is 5.32 Å². The van der Waals surface area contributed by atoms with Gasteiger partial charge in [0.1, 0.15) is 0 Å². The molecule has 1 N–H and O–H groups in total. The molecule has 1 heterocycles. The maximum Gasteiger partial charge on any atom is 0.409 e. The average Bonchev–Trinajstić information content (AvgIpc) is 2.50. The van der Waals surface area contributed by atoms with E-state index in [0.717, 1.165) is 9.26 Å². The van der Waals surface area contributed by atoms with Crippen LogP contribution in [-0.2, 0) is 9.53 Å². The Morgan fingerprint density at radius 1 is 1.18 bits per heavy atom. The van der Waals surface area contributed by atoms with Gasteiger partial charge in [-0.15, -0.1) is 0 Å². The van der Waals surface area contributed by atoms with Crippen LogP contribution in [-0.4, -0.2) is 61.1 Å². The van der Waals surface area contributed by atoms with Gasteiger partial charge in [-0.3, -0.25) is 9.69 Å². The summed E-state index contributed by atoms with van der Waals surface area (Å²) < 4.78 is 6.11. The van der Waals surface area contributed by atoms with E-state index < -0.39 is 0 Å². The third-order valence-electron chi connectivity index (χ3n) is 3.39. The first-order valence-electron chi connectivity index (χ1n) is 7.28. The second-order valence-corrected chi connectivity index (χ2v) is 6.26. The van der Waals surface area contributed by atoms with Gasteiger partial charge in [-0.05, 0) is 53.8 Å². The zero-order chi connectivity index (χ0) is 15.9. The minimum absolute atomic E-state index is 0.0363. The summed E-state index contributed by atoms with van der Waals surface area (Å²) in [5, 5.41) is 2.88. The maximum atomic E-state index is 12.0. The maximum absolute atomic E-state index is 12.0. The number of hydrogen-bond donors (Lipinski definition) is 1. The van der Waals surface area contributed by atoms with Gasteiger partial charge in [0.25, 0.3) is 0 Å². The van der Waals surface area contributed by atoms with E-state index in [0.29, 0.717) is 39.3 Å². The molecule has 120 valence electrons. The fourth-order valence-electron chi connectivity index (χ4n) is 2.24. The van der Waals surface area contributed by atoms with Gasteiger partial charge in [0.2, 0.25) is 5.91 Å². The minimum Gasteiger partial charge on any atom is -0.450 e. The van der Waals surface area contributed by atoms with E-state index in [4.69, 9.17) is 4.74 Å². The summed E-state index contributed by atoms with van der Waals surface area (Å²) in [5.41, 5.74) is 0.801.